The smallest absolute Gasteiger partial charge is 0.413 e. The van der Waals surface area contributed by atoms with E-state index in [1.54, 1.807) is 0 Å². The first-order valence-corrected chi connectivity index (χ1v) is 9.04. The summed E-state index contributed by atoms with van der Waals surface area (Å²) in [5.74, 6) is -1.28. The number of rotatable bonds is 3. The summed E-state index contributed by atoms with van der Waals surface area (Å²) in [4.78, 5) is 19.0. The largest absolute Gasteiger partial charge is 0.443 e. The van der Waals surface area contributed by atoms with Crippen molar-refractivity contribution in [1.82, 2.24) is 9.88 Å². The molecule has 0 saturated carbocycles. The van der Waals surface area contributed by atoms with Crippen molar-refractivity contribution in [2.75, 3.05) is 25.0 Å². The molecule has 1 aromatic carbocycles. The van der Waals surface area contributed by atoms with E-state index >= 15 is 0 Å². The van der Waals surface area contributed by atoms with Gasteiger partial charge in [0.1, 0.15) is 17.2 Å². The van der Waals surface area contributed by atoms with Gasteiger partial charge >= 0.3 is 6.09 Å². The summed E-state index contributed by atoms with van der Waals surface area (Å²) in [7, 11) is 0. The normalized spacial score (nSPS) is 25.0. The Hall–Kier alpha value is -2.06. The minimum atomic E-state index is -0.695. The lowest BCUT2D eigenvalue weighted by Crippen LogP contribution is -2.54. The predicted octanol–water partition coefficient (Wildman–Crippen LogP) is 3.88. The van der Waals surface area contributed by atoms with Crippen molar-refractivity contribution in [3.8, 4) is 10.4 Å². The quantitative estimate of drug-likeness (QED) is 0.897. The molecule has 3 fully saturated rings. The average Bonchev–Trinajstić information content (AvgIpc) is 3.03. The maximum atomic E-state index is 14.0. The van der Waals surface area contributed by atoms with Gasteiger partial charge in [0.2, 0.25) is 0 Å². The topological polar surface area (TPSA) is 54.5 Å². The third kappa shape index (κ3) is 3.11. The number of nitrogens with one attached hydrogen (secondary N) is 1. The van der Waals surface area contributed by atoms with Gasteiger partial charge in [-0.3, -0.25) is 5.32 Å². The Morgan fingerprint density at radius 3 is 2.48 bits per heavy atom. The molecule has 5 nitrogen and oxygen atoms in total. The van der Waals surface area contributed by atoms with Crippen LogP contribution in [0.25, 0.3) is 10.4 Å². The van der Waals surface area contributed by atoms with Crippen molar-refractivity contribution in [3.63, 3.8) is 0 Å². The number of benzene rings is 1. The van der Waals surface area contributed by atoms with Crippen molar-refractivity contribution in [2.45, 2.75) is 24.9 Å². The van der Waals surface area contributed by atoms with E-state index in [1.807, 2.05) is 0 Å². The number of piperidine rings is 3. The zero-order valence-corrected chi connectivity index (χ0v) is 14.2. The summed E-state index contributed by atoms with van der Waals surface area (Å²) in [5, 5.41) is 2.56. The van der Waals surface area contributed by atoms with E-state index in [0.29, 0.717) is 0 Å². The Morgan fingerprint density at radius 1 is 1.20 bits per heavy atom. The Morgan fingerprint density at radius 2 is 1.84 bits per heavy atom. The number of nitrogens with zero attached hydrogens (tertiary/aromatic N) is 2. The van der Waals surface area contributed by atoms with Crippen molar-refractivity contribution in [3.05, 3.63) is 35.3 Å². The SMILES string of the molecule is O=C(Nc1ncsc1-c1c(F)cccc1F)OC12CCN(CC1)CC2. The van der Waals surface area contributed by atoms with Crippen LogP contribution in [0.5, 0.6) is 0 Å². The number of aromatic nitrogens is 1. The maximum absolute atomic E-state index is 14.0. The molecule has 1 amide bonds. The number of fused-ring (bicyclic) bond motifs is 3. The van der Waals surface area contributed by atoms with Crippen molar-refractivity contribution >= 4 is 23.2 Å². The van der Waals surface area contributed by atoms with Gasteiger partial charge in [-0.25, -0.2) is 18.6 Å². The van der Waals surface area contributed by atoms with Gasteiger partial charge in [-0.1, -0.05) is 6.07 Å². The monoisotopic (exact) mass is 365 g/mol. The number of amides is 1. The number of anilines is 1. The fraction of sp³-hybridized carbons (Fsp3) is 0.412. The van der Waals surface area contributed by atoms with Crippen molar-refractivity contribution in [1.29, 1.82) is 0 Å². The summed E-state index contributed by atoms with van der Waals surface area (Å²) in [6.45, 7) is 2.78. The molecule has 132 valence electrons. The molecule has 8 heteroatoms. The fourth-order valence-corrected chi connectivity index (χ4v) is 4.29. The van der Waals surface area contributed by atoms with Gasteiger partial charge in [-0.15, -0.1) is 11.3 Å². The molecule has 0 radical (unpaired) electrons. The Kier molecular flexibility index (Phi) is 4.16. The molecule has 0 aliphatic carbocycles. The van der Waals surface area contributed by atoms with E-state index in [-0.39, 0.29) is 16.3 Å². The maximum Gasteiger partial charge on any atom is 0.413 e. The number of hydrogen-bond acceptors (Lipinski definition) is 5. The minimum absolute atomic E-state index is 0.114. The highest BCUT2D eigenvalue weighted by atomic mass is 32.1. The molecule has 25 heavy (non-hydrogen) atoms. The number of halogens is 2. The van der Waals surface area contributed by atoms with Crippen LogP contribution in [0, 0.1) is 11.6 Å². The first-order valence-electron chi connectivity index (χ1n) is 8.17. The van der Waals surface area contributed by atoms with Gasteiger partial charge in [0.05, 0.1) is 16.0 Å². The minimum Gasteiger partial charge on any atom is -0.443 e. The third-order valence-electron chi connectivity index (χ3n) is 4.94. The molecule has 3 aliphatic rings. The van der Waals surface area contributed by atoms with Gasteiger partial charge in [-0.2, -0.15) is 0 Å². The van der Waals surface area contributed by atoms with E-state index in [4.69, 9.17) is 4.74 Å². The number of hydrogen-bond donors (Lipinski definition) is 1. The Labute approximate surface area is 147 Å². The summed E-state index contributed by atoms with van der Waals surface area (Å²) < 4.78 is 33.7. The lowest BCUT2D eigenvalue weighted by molar-refractivity contribution is -0.0742. The van der Waals surface area contributed by atoms with Crippen molar-refractivity contribution in [2.24, 2.45) is 0 Å². The molecule has 2 aromatic rings. The summed E-state index contributed by atoms with van der Waals surface area (Å²) in [5.41, 5.74) is 0.816. The molecule has 3 aliphatic heterocycles. The summed E-state index contributed by atoms with van der Waals surface area (Å²) in [6, 6.07) is 3.65. The van der Waals surface area contributed by atoms with Crippen molar-refractivity contribution < 1.29 is 18.3 Å². The van der Waals surface area contributed by atoms with Crippen LogP contribution in [0.15, 0.2) is 23.7 Å². The number of ether oxygens (including phenoxy) is 1. The highest BCUT2D eigenvalue weighted by Gasteiger charge is 2.42. The van der Waals surface area contributed by atoms with Crippen LogP contribution in [0.2, 0.25) is 0 Å². The Bertz CT molecular complexity index is 769. The van der Waals surface area contributed by atoms with Crippen LogP contribution in [0.1, 0.15) is 19.3 Å². The highest BCUT2D eigenvalue weighted by Crippen LogP contribution is 2.37. The van der Waals surface area contributed by atoms with Crippen LogP contribution < -0.4 is 5.32 Å². The molecule has 1 N–H and O–H groups in total. The van der Waals surface area contributed by atoms with E-state index in [9.17, 15) is 13.6 Å². The van der Waals surface area contributed by atoms with Gasteiger partial charge in [0, 0.05) is 38.9 Å². The van der Waals surface area contributed by atoms with Crippen LogP contribution in [-0.4, -0.2) is 41.2 Å². The molecule has 2 bridgehead atoms. The lowest BCUT2D eigenvalue weighted by Gasteiger charge is -2.47. The second-order valence-corrected chi connectivity index (χ2v) is 7.27. The average molecular weight is 365 g/mol. The lowest BCUT2D eigenvalue weighted by atomic mass is 9.83. The van der Waals surface area contributed by atoms with E-state index in [1.165, 1.54) is 23.7 Å². The summed E-state index contributed by atoms with van der Waals surface area (Å²) >= 11 is 1.06. The van der Waals surface area contributed by atoms with Gasteiger partial charge in [0.15, 0.2) is 5.82 Å². The molecule has 3 saturated heterocycles. The first kappa shape index (κ1) is 16.4. The zero-order chi connectivity index (χ0) is 17.4. The molecule has 4 heterocycles. The molecule has 1 aromatic heterocycles. The van der Waals surface area contributed by atoms with E-state index < -0.39 is 23.3 Å². The molecule has 5 rings (SSSR count). The third-order valence-corrected chi connectivity index (χ3v) is 5.78. The molecule has 0 atom stereocenters. The van der Waals surface area contributed by atoms with Crippen LogP contribution in [0.3, 0.4) is 0 Å². The van der Waals surface area contributed by atoms with Gasteiger partial charge in [0.25, 0.3) is 0 Å². The van der Waals surface area contributed by atoms with Gasteiger partial charge < -0.3 is 9.64 Å². The number of carbonyl (C=O) groups is 1. The molecular weight excluding hydrogens is 348 g/mol. The summed E-state index contributed by atoms with van der Waals surface area (Å²) in [6.07, 6.45) is 1.81. The molecule has 0 unspecified atom stereocenters. The number of carbonyl (C=O) groups excluding carboxylic acids is 1. The highest BCUT2D eigenvalue weighted by molar-refractivity contribution is 7.13. The van der Waals surface area contributed by atoms with Crippen LogP contribution >= 0.6 is 11.3 Å². The molecule has 0 spiro atoms. The second-order valence-electron chi connectivity index (χ2n) is 6.42. The van der Waals surface area contributed by atoms with Crippen LogP contribution in [-0.2, 0) is 4.74 Å². The predicted molar refractivity (Wildman–Crippen MR) is 90.6 cm³/mol. The van der Waals surface area contributed by atoms with Crippen LogP contribution in [0.4, 0.5) is 19.4 Å². The standard InChI is InChI=1S/C17H17F2N3O2S/c18-11-2-1-3-12(19)13(11)14-15(20-10-25-14)21-16(23)24-17-4-7-22(8-5-17)9-6-17/h1-3,10H,4-9H2,(H,21,23). The molecular formula is C17H17F2N3O2S. The van der Waals surface area contributed by atoms with E-state index in [2.05, 4.69) is 15.2 Å². The Balaban J connectivity index is 1.52. The zero-order valence-electron chi connectivity index (χ0n) is 13.4. The number of thiazole rings is 1. The first-order chi connectivity index (χ1) is 12.1. The van der Waals surface area contributed by atoms with Gasteiger partial charge in [-0.05, 0) is 12.1 Å². The fourth-order valence-electron chi connectivity index (χ4n) is 3.50. The van der Waals surface area contributed by atoms with E-state index in [0.717, 1.165) is 50.2 Å². The second kappa shape index (κ2) is 6.34.